The van der Waals surface area contributed by atoms with Crippen LogP contribution in [0.25, 0.3) is 0 Å². The normalized spacial score (nSPS) is 16.9. The number of carbonyl (C=O) groups excluding carboxylic acids is 2. The zero-order valence-corrected chi connectivity index (χ0v) is 16.5. The number of Topliss-reactive ketones (excluding diaryl/α,β-unsaturated/α-hetero) is 1. The Balaban J connectivity index is 1.82. The van der Waals surface area contributed by atoms with Crippen molar-refractivity contribution in [1.29, 1.82) is 0 Å². The lowest BCUT2D eigenvalue weighted by Gasteiger charge is -2.27. The van der Waals surface area contributed by atoms with E-state index in [9.17, 15) is 9.59 Å². The van der Waals surface area contributed by atoms with Crippen molar-refractivity contribution in [2.24, 2.45) is 0 Å². The maximum atomic E-state index is 13.0. The molecule has 0 amide bonds. The van der Waals surface area contributed by atoms with E-state index in [1.54, 1.807) is 38.4 Å². The van der Waals surface area contributed by atoms with Gasteiger partial charge in [-0.1, -0.05) is 12.1 Å². The smallest absolute Gasteiger partial charge is 0.316 e. The Kier molecular flexibility index (Phi) is 6.60. The average molecular weight is 399 g/mol. The van der Waals surface area contributed by atoms with E-state index in [-0.39, 0.29) is 17.5 Å². The molecule has 28 heavy (non-hydrogen) atoms. The Morgan fingerprint density at radius 2 is 1.96 bits per heavy atom. The van der Waals surface area contributed by atoms with Crippen molar-refractivity contribution in [3.05, 3.63) is 65.9 Å². The molecule has 0 aliphatic carbocycles. The van der Waals surface area contributed by atoms with E-state index in [1.807, 2.05) is 30.3 Å². The van der Waals surface area contributed by atoms with Gasteiger partial charge in [0.25, 0.3) is 0 Å². The topological polar surface area (TPSA) is 73.9 Å². The van der Waals surface area contributed by atoms with Crippen LogP contribution in [0.4, 0.5) is 5.69 Å². The first kappa shape index (κ1) is 19.8. The minimum Gasteiger partial charge on any atom is -0.497 e. The maximum Gasteiger partial charge on any atom is 0.316 e. The Morgan fingerprint density at radius 1 is 1.21 bits per heavy atom. The fraction of sp³-hybridized carbons (Fsp3) is 0.238. The van der Waals surface area contributed by atoms with Crippen LogP contribution in [0.3, 0.4) is 0 Å². The van der Waals surface area contributed by atoms with Crippen LogP contribution >= 0.6 is 11.8 Å². The van der Waals surface area contributed by atoms with Crippen LogP contribution in [0, 0.1) is 0 Å². The van der Waals surface area contributed by atoms with Crippen LogP contribution in [-0.2, 0) is 9.53 Å². The number of fused-ring (bicyclic) bond motifs is 1. The van der Waals surface area contributed by atoms with Gasteiger partial charge in [0, 0.05) is 11.9 Å². The first-order chi connectivity index (χ1) is 13.6. The summed E-state index contributed by atoms with van der Waals surface area (Å²) in [5.41, 5.74) is 1.12. The third-order valence-electron chi connectivity index (χ3n) is 4.02. The summed E-state index contributed by atoms with van der Waals surface area (Å²) < 4.78 is 16.1. The minimum atomic E-state index is -0.613. The van der Waals surface area contributed by atoms with E-state index in [2.05, 4.69) is 5.32 Å². The Hall–Kier alpha value is -2.93. The number of carbonyl (C=O) groups is 2. The highest BCUT2D eigenvalue weighted by Gasteiger charge is 2.32. The molecule has 3 rings (SSSR count). The molecule has 0 bridgehead atoms. The van der Waals surface area contributed by atoms with Crippen LogP contribution in [0.1, 0.15) is 17.3 Å². The Morgan fingerprint density at radius 3 is 2.68 bits per heavy atom. The first-order valence-electron chi connectivity index (χ1n) is 8.80. The Bertz CT molecular complexity index is 879. The third kappa shape index (κ3) is 4.67. The van der Waals surface area contributed by atoms with E-state index in [4.69, 9.17) is 14.2 Å². The van der Waals surface area contributed by atoms with Crippen LogP contribution in [0.5, 0.6) is 11.5 Å². The quantitative estimate of drug-likeness (QED) is 0.559. The van der Waals surface area contributed by atoms with Crippen LogP contribution in [0.2, 0.25) is 0 Å². The molecule has 1 heterocycles. The molecule has 0 fully saturated rings. The van der Waals surface area contributed by atoms with Gasteiger partial charge < -0.3 is 19.5 Å². The molecule has 0 aromatic heterocycles. The Labute approximate surface area is 167 Å². The van der Waals surface area contributed by atoms with Gasteiger partial charge in [-0.3, -0.25) is 9.59 Å². The van der Waals surface area contributed by atoms with Crippen LogP contribution in [0.15, 0.2) is 60.3 Å². The number of hydrogen-bond acceptors (Lipinski definition) is 7. The SMILES string of the molecule is CCOC(=O)CSC1Oc2ccccc2C(=O)C1=CNc1ccc(OC)cc1. The number of para-hydroxylation sites is 1. The molecular weight excluding hydrogens is 378 g/mol. The number of nitrogens with one attached hydrogen (secondary N) is 1. The van der Waals surface area contributed by atoms with Gasteiger partial charge in [-0.2, -0.15) is 0 Å². The maximum absolute atomic E-state index is 13.0. The number of ether oxygens (including phenoxy) is 3. The molecule has 1 N–H and O–H groups in total. The fourth-order valence-corrected chi connectivity index (χ4v) is 3.55. The second kappa shape index (κ2) is 9.32. The van der Waals surface area contributed by atoms with Crippen molar-refractivity contribution in [1.82, 2.24) is 0 Å². The van der Waals surface area contributed by atoms with Gasteiger partial charge in [-0.05, 0) is 43.3 Å². The summed E-state index contributed by atoms with van der Waals surface area (Å²) in [5.74, 6) is 0.866. The molecule has 0 saturated carbocycles. The van der Waals surface area contributed by atoms with E-state index in [1.165, 1.54) is 11.8 Å². The van der Waals surface area contributed by atoms with E-state index >= 15 is 0 Å². The molecule has 2 aromatic rings. The number of benzene rings is 2. The lowest BCUT2D eigenvalue weighted by Crippen LogP contribution is -2.29. The van der Waals surface area contributed by atoms with Crippen LogP contribution in [-0.4, -0.2) is 36.7 Å². The molecule has 1 atom stereocenters. The molecule has 6 nitrogen and oxygen atoms in total. The summed E-state index contributed by atoms with van der Waals surface area (Å²) >= 11 is 1.22. The molecule has 1 aliphatic heterocycles. The summed E-state index contributed by atoms with van der Waals surface area (Å²) in [6.45, 7) is 2.07. The summed E-state index contributed by atoms with van der Waals surface area (Å²) in [4.78, 5) is 24.7. The van der Waals surface area contributed by atoms with Gasteiger partial charge in [-0.25, -0.2) is 0 Å². The standard InChI is InChI=1S/C21H21NO5S/c1-3-26-19(23)13-28-21-17(12-22-14-8-10-15(25-2)11-9-14)20(24)16-6-4-5-7-18(16)27-21/h4-12,21-22H,3,13H2,1-2H3. The third-order valence-corrected chi connectivity index (χ3v) is 5.08. The molecule has 0 spiro atoms. The highest BCUT2D eigenvalue weighted by atomic mass is 32.2. The number of methoxy groups -OCH3 is 1. The van der Waals surface area contributed by atoms with Crippen molar-refractivity contribution in [3.63, 3.8) is 0 Å². The highest BCUT2D eigenvalue weighted by Crippen LogP contribution is 2.35. The van der Waals surface area contributed by atoms with Gasteiger partial charge in [-0.15, -0.1) is 11.8 Å². The second-order valence-corrected chi connectivity index (χ2v) is 6.91. The van der Waals surface area contributed by atoms with Crippen molar-refractivity contribution in [3.8, 4) is 11.5 Å². The molecule has 1 aliphatic rings. The van der Waals surface area contributed by atoms with Crippen molar-refractivity contribution < 1.29 is 23.8 Å². The van der Waals surface area contributed by atoms with Crippen molar-refractivity contribution >= 4 is 29.2 Å². The number of ketones is 1. The summed E-state index contributed by atoms with van der Waals surface area (Å²) in [7, 11) is 1.60. The highest BCUT2D eigenvalue weighted by molar-refractivity contribution is 8.00. The van der Waals surface area contributed by atoms with Crippen LogP contribution < -0.4 is 14.8 Å². The van der Waals surface area contributed by atoms with Gasteiger partial charge in [0.15, 0.2) is 11.2 Å². The summed E-state index contributed by atoms with van der Waals surface area (Å²) in [6, 6.07) is 14.4. The average Bonchev–Trinajstić information content (AvgIpc) is 2.72. The minimum absolute atomic E-state index is 0.0911. The van der Waals surface area contributed by atoms with Gasteiger partial charge in [0.05, 0.1) is 30.6 Å². The molecular formula is C21H21NO5S. The molecule has 2 aromatic carbocycles. The number of anilines is 1. The van der Waals surface area contributed by atoms with E-state index in [0.717, 1.165) is 11.4 Å². The molecule has 0 radical (unpaired) electrons. The van der Waals surface area contributed by atoms with Gasteiger partial charge in [0.1, 0.15) is 11.5 Å². The lowest BCUT2D eigenvalue weighted by atomic mass is 10.0. The number of hydrogen-bond donors (Lipinski definition) is 1. The monoisotopic (exact) mass is 399 g/mol. The zero-order chi connectivity index (χ0) is 19.9. The predicted octanol–water partition coefficient (Wildman–Crippen LogP) is 3.89. The summed E-state index contributed by atoms with van der Waals surface area (Å²) in [5, 5.41) is 3.12. The predicted molar refractivity (Wildman–Crippen MR) is 109 cm³/mol. The zero-order valence-electron chi connectivity index (χ0n) is 15.6. The van der Waals surface area contributed by atoms with Gasteiger partial charge >= 0.3 is 5.97 Å². The molecule has 7 heteroatoms. The number of rotatable bonds is 7. The van der Waals surface area contributed by atoms with E-state index in [0.29, 0.717) is 23.5 Å². The second-order valence-electron chi connectivity index (χ2n) is 5.86. The first-order valence-corrected chi connectivity index (χ1v) is 9.85. The largest absolute Gasteiger partial charge is 0.497 e. The lowest BCUT2D eigenvalue weighted by molar-refractivity contribution is -0.139. The molecule has 146 valence electrons. The molecule has 0 saturated heterocycles. The van der Waals surface area contributed by atoms with Crippen molar-refractivity contribution in [2.45, 2.75) is 12.4 Å². The number of esters is 1. The van der Waals surface area contributed by atoms with E-state index < -0.39 is 5.44 Å². The van der Waals surface area contributed by atoms with Crippen molar-refractivity contribution in [2.75, 3.05) is 24.8 Å². The fourth-order valence-electron chi connectivity index (χ4n) is 2.65. The molecule has 1 unspecified atom stereocenters. The summed E-state index contributed by atoms with van der Waals surface area (Å²) in [6.07, 6.45) is 1.63. The number of thioether (sulfide) groups is 1. The van der Waals surface area contributed by atoms with Gasteiger partial charge in [0.2, 0.25) is 0 Å².